The number of carbonyl (C=O) groups excluding carboxylic acids is 1. The average Bonchev–Trinajstić information content (AvgIpc) is 2.80. The molecule has 1 amide bonds. The number of unbranched alkanes of at least 4 members (excludes halogenated alkanes) is 1. The fraction of sp³-hybridized carbons (Fsp3) is 0.391. The first-order chi connectivity index (χ1) is 15.9. The van der Waals surface area contributed by atoms with Gasteiger partial charge in [0.2, 0.25) is 5.91 Å². The summed E-state index contributed by atoms with van der Waals surface area (Å²) < 4.78 is 42.6. The maximum Gasteiger partial charge on any atom is 0.490 e. The third-order valence-corrected chi connectivity index (χ3v) is 4.49. The molecule has 8 nitrogen and oxygen atoms in total. The minimum Gasteiger partial charge on any atom is -0.497 e. The molecule has 5 N–H and O–H groups in total. The van der Waals surface area contributed by atoms with Gasteiger partial charge < -0.3 is 30.7 Å². The minimum absolute atomic E-state index is 0.420. The van der Waals surface area contributed by atoms with Gasteiger partial charge >= 0.3 is 12.1 Å². The van der Waals surface area contributed by atoms with E-state index in [0.717, 1.165) is 30.8 Å². The highest BCUT2D eigenvalue weighted by atomic mass is 19.4. The number of anilines is 1. The van der Waals surface area contributed by atoms with Gasteiger partial charge in [-0.05, 0) is 68.1 Å². The minimum atomic E-state index is -5.08. The Morgan fingerprint density at radius 2 is 1.53 bits per heavy atom. The zero-order chi connectivity index (χ0) is 25.8. The summed E-state index contributed by atoms with van der Waals surface area (Å²) in [4.78, 5) is 20.8. The predicted molar refractivity (Wildman–Crippen MR) is 120 cm³/mol. The van der Waals surface area contributed by atoms with Crippen LogP contribution in [0.25, 0.3) is 0 Å². The SMILES string of the molecule is COc1ccc(CCCCOc2ccc(NC(=O)[C@@](C)(N)CO)cc2)cc1.O=C(O)C(F)(F)F. The Morgan fingerprint density at radius 1 is 1.00 bits per heavy atom. The van der Waals surface area contributed by atoms with Crippen molar-refractivity contribution in [3.63, 3.8) is 0 Å². The van der Waals surface area contributed by atoms with Gasteiger partial charge in [0.15, 0.2) is 0 Å². The molecule has 188 valence electrons. The lowest BCUT2D eigenvalue weighted by Crippen LogP contribution is -2.51. The molecule has 0 bridgehead atoms. The van der Waals surface area contributed by atoms with Crippen molar-refractivity contribution < 1.29 is 42.4 Å². The van der Waals surface area contributed by atoms with E-state index in [0.29, 0.717) is 12.3 Å². The molecule has 0 unspecified atom stereocenters. The number of rotatable bonds is 10. The van der Waals surface area contributed by atoms with Gasteiger partial charge in [-0.25, -0.2) is 4.79 Å². The number of carboxylic acids is 1. The number of alkyl halides is 3. The number of benzene rings is 2. The Balaban J connectivity index is 0.000000718. The summed E-state index contributed by atoms with van der Waals surface area (Å²) in [6, 6.07) is 15.2. The van der Waals surface area contributed by atoms with Crippen molar-refractivity contribution in [3.05, 3.63) is 54.1 Å². The van der Waals surface area contributed by atoms with E-state index in [9.17, 15) is 18.0 Å². The normalized spacial score (nSPS) is 12.6. The second-order valence-corrected chi connectivity index (χ2v) is 7.51. The van der Waals surface area contributed by atoms with Gasteiger partial charge in [0.05, 0.1) is 20.3 Å². The van der Waals surface area contributed by atoms with E-state index in [1.807, 2.05) is 12.1 Å². The van der Waals surface area contributed by atoms with Gasteiger partial charge in [0, 0.05) is 5.69 Å². The van der Waals surface area contributed by atoms with E-state index in [4.69, 9.17) is 30.2 Å². The molecule has 34 heavy (non-hydrogen) atoms. The second-order valence-electron chi connectivity index (χ2n) is 7.51. The fourth-order valence-electron chi connectivity index (χ4n) is 2.39. The summed E-state index contributed by atoms with van der Waals surface area (Å²) in [5, 5.41) is 18.9. The number of nitrogens with one attached hydrogen (secondary N) is 1. The third-order valence-electron chi connectivity index (χ3n) is 4.49. The zero-order valence-corrected chi connectivity index (χ0v) is 18.9. The van der Waals surface area contributed by atoms with Crippen molar-refractivity contribution in [2.75, 3.05) is 25.6 Å². The smallest absolute Gasteiger partial charge is 0.490 e. The number of halogens is 3. The number of nitrogens with two attached hydrogens (primary N) is 1. The Bertz CT molecular complexity index is 900. The molecule has 2 aromatic carbocycles. The van der Waals surface area contributed by atoms with Crippen LogP contribution in [0.5, 0.6) is 11.5 Å². The quantitative estimate of drug-likeness (QED) is 0.379. The number of aliphatic hydroxyl groups excluding tert-OH is 1. The number of methoxy groups -OCH3 is 1. The van der Waals surface area contributed by atoms with Crippen molar-refractivity contribution in [3.8, 4) is 11.5 Å². The Morgan fingerprint density at radius 3 is 2.00 bits per heavy atom. The summed E-state index contributed by atoms with van der Waals surface area (Å²) in [5.41, 5.74) is 6.28. The molecule has 0 fully saturated rings. The van der Waals surface area contributed by atoms with Crippen LogP contribution >= 0.6 is 0 Å². The van der Waals surface area contributed by atoms with Crippen LogP contribution in [0.4, 0.5) is 18.9 Å². The molecule has 2 aromatic rings. The van der Waals surface area contributed by atoms with E-state index in [1.54, 1.807) is 31.4 Å². The lowest BCUT2D eigenvalue weighted by atomic mass is 10.0. The first-order valence-electron chi connectivity index (χ1n) is 10.3. The number of ether oxygens (including phenoxy) is 2. The largest absolute Gasteiger partial charge is 0.497 e. The molecule has 2 rings (SSSR count). The molecule has 11 heteroatoms. The number of aryl methyl sites for hydroxylation is 1. The van der Waals surface area contributed by atoms with Gasteiger partial charge in [0.25, 0.3) is 0 Å². The average molecular weight is 486 g/mol. The first kappa shape index (κ1) is 28.7. The molecule has 0 aliphatic carbocycles. The highest BCUT2D eigenvalue weighted by Crippen LogP contribution is 2.18. The maximum absolute atomic E-state index is 11.9. The highest BCUT2D eigenvalue weighted by Gasteiger charge is 2.38. The lowest BCUT2D eigenvalue weighted by molar-refractivity contribution is -0.192. The first-order valence-corrected chi connectivity index (χ1v) is 10.3. The standard InChI is InChI=1S/C21H28N2O4.C2HF3O2/c1-21(22,15-24)20(25)23-17-8-12-19(13-9-17)27-14-4-3-5-16-6-10-18(26-2)11-7-16;3-2(4,5)1(6)7/h6-13,24H,3-5,14-15,22H2,1-2H3,(H,23,25);(H,6,7)/t21-;/m0./s1. The van der Waals surface area contributed by atoms with E-state index in [-0.39, 0.29) is 0 Å². The molecular weight excluding hydrogens is 457 g/mol. The van der Waals surface area contributed by atoms with Crippen molar-refractivity contribution in [2.45, 2.75) is 37.9 Å². The zero-order valence-electron chi connectivity index (χ0n) is 18.9. The molecule has 1 atom stereocenters. The molecule has 0 aromatic heterocycles. The van der Waals surface area contributed by atoms with Crippen LogP contribution < -0.4 is 20.5 Å². The van der Waals surface area contributed by atoms with Crippen LogP contribution in [0, 0.1) is 0 Å². The van der Waals surface area contributed by atoms with Crippen LogP contribution in [0.3, 0.4) is 0 Å². The van der Waals surface area contributed by atoms with Crippen LogP contribution in [0.2, 0.25) is 0 Å². The van der Waals surface area contributed by atoms with Gasteiger partial charge in [-0.15, -0.1) is 0 Å². The van der Waals surface area contributed by atoms with Gasteiger partial charge in [-0.3, -0.25) is 4.79 Å². The molecule has 0 aliphatic heterocycles. The molecular formula is C23H29F3N2O6. The van der Waals surface area contributed by atoms with Crippen LogP contribution in [-0.4, -0.2) is 54.1 Å². The topological polar surface area (TPSA) is 131 Å². The monoisotopic (exact) mass is 486 g/mol. The number of carboxylic acid groups (broad SMARTS) is 1. The van der Waals surface area contributed by atoms with Gasteiger partial charge in [-0.1, -0.05) is 12.1 Å². The molecule has 0 radical (unpaired) electrons. The summed E-state index contributed by atoms with van der Waals surface area (Å²) in [6.45, 7) is 1.69. The maximum atomic E-state index is 11.9. The number of aliphatic hydroxyl groups is 1. The number of aliphatic carboxylic acids is 1. The van der Waals surface area contributed by atoms with E-state index < -0.39 is 30.2 Å². The molecule has 0 saturated carbocycles. The Labute approximate surface area is 195 Å². The van der Waals surface area contributed by atoms with Crippen LogP contribution in [0.1, 0.15) is 25.3 Å². The lowest BCUT2D eigenvalue weighted by Gasteiger charge is -2.20. The summed E-state index contributed by atoms with van der Waals surface area (Å²) in [5.74, 6) is -1.58. The number of hydrogen-bond donors (Lipinski definition) is 4. The summed E-state index contributed by atoms with van der Waals surface area (Å²) >= 11 is 0. The van der Waals surface area contributed by atoms with Crippen LogP contribution in [-0.2, 0) is 16.0 Å². The molecule has 0 spiro atoms. The molecule has 0 saturated heterocycles. The van der Waals surface area contributed by atoms with Crippen molar-refractivity contribution >= 4 is 17.6 Å². The van der Waals surface area contributed by atoms with E-state index in [1.165, 1.54) is 12.5 Å². The van der Waals surface area contributed by atoms with Crippen molar-refractivity contribution in [1.29, 1.82) is 0 Å². The highest BCUT2D eigenvalue weighted by molar-refractivity contribution is 5.97. The second kappa shape index (κ2) is 13.4. The molecule has 0 aliphatic rings. The Hall–Kier alpha value is -3.31. The van der Waals surface area contributed by atoms with Gasteiger partial charge in [-0.2, -0.15) is 13.2 Å². The van der Waals surface area contributed by atoms with E-state index >= 15 is 0 Å². The van der Waals surface area contributed by atoms with Crippen molar-refractivity contribution in [1.82, 2.24) is 0 Å². The van der Waals surface area contributed by atoms with Gasteiger partial charge in [0.1, 0.15) is 17.0 Å². The van der Waals surface area contributed by atoms with Crippen molar-refractivity contribution in [2.24, 2.45) is 5.73 Å². The number of hydrogen-bond acceptors (Lipinski definition) is 6. The number of carbonyl (C=O) groups is 2. The van der Waals surface area contributed by atoms with Crippen LogP contribution in [0.15, 0.2) is 48.5 Å². The number of amides is 1. The third kappa shape index (κ3) is 10.5. The predicted octanol–water partition coefficient (Wildman–Crippen LogP) is 3.38. The fourth-order valence-corrected chi connectivity index (χ4v) is 2.39. The molecule has 0 heterocycles. The summed E-state index contributed by atoms with van der Waals surface area (Å²) in [6.07, 6.45) is -2.09. The summed E-state index contributed by atoms with van der Waals surface area (Å²) in [7, 11) is 1.66. The van der Waals surface area contributed by atoms with E-state index in [2.05, 4.69) is 17.4 Å². The Kier molecular flexibility index (Phi) is 11.3.